The lowest BCUT2D eigenvalue weighted by Crippen LogP contribution is -2.01. The summed E-state index contributed by atoms with van der Waals surface area (Å²) in [4.78, 5) is 4.24. The second-order valence-electron chi connectivity index (χ2n) is 4.57. The lowest BCUT2D eigenvalue weighted by atomic mass is 10.1. The summed E-state index contributed by atoms with van der Waals surface area (Å²) in [6, 6.07) is 3.22. The van der Waals surface area contributed by atoms with Crippen molar-refractivity contribution in [1.82, 2.24) is 10.1 Å². The van der Waals surface area contributed by atoms with Gasteiger partial charge in [0.05, 0.1) is 4.90 Å². The maximum Gasteiger partial charge on any atom is 0.264 e. The number of rotatable bonds is 5. The number of nitrogens with zero attached hydrogens (tertiary/aromatic N) is 2. The van der Waals surface area contributed by atoms with E-state index in [2.05, 4.69) is 10.1 Å². The molecular formula is C13H15ClN2O4S. The van der Waals surface area contributed by atoms with Crippen molar-refractivity contribution in [3.63, 3.8) is 0 Å². The largest absolute Gasteiger partial charge is 0.484 e. The zero-order chi connectivity index (χ0) is 15.6. The van der Waals surface area contributed by atoms with Gasteiger partial charge in [0.1, 0.15) is 5.75 Å². The average Bonchev–Trinajstić information content (AvgIpc) is 2.81. The number of hydrogen-bond acceptors (Lipinski definition) is 6. The van der Waals surface area contributed by atoms with Crippen molar-refractivity contribution in [2.45, 2.75) is 38.7 Å². The molecule has 1 heterocycles. The van der Waals surface area contributed by atoms with E-state index in [1.54, 1.807) is 26.0 Å². The van der Waals surface area contributed by atoms with E-state index >= 15 is 0 Å². The molecule has 0 bridgehead atoms. The van der Waals surface area contributed by atoms with Gasteiger partial charge < -0.3 is 9.26 Å². The fraction of sp³-hybridized carbons (Fsp3) is 0.385. The van der Waals surface area contributed by atoms with E-state index in [4.69, 9.17) is 19.9 Å². The molecule has 114 valence electrons. The van der Waals surface area contributed by atoms with Crippen LogP contribution in [0.1, 0.15) is 29.8 Å². The molecule has 0 saturated carbocycles. The monoisotopic (exact) mass is 330 g/mol. The summed E-state index contributed by atoms with van der Waals surface area (Å²) in [6.07, 6.45) is 0.685. The summed E-state index contributed by atoms with van der Waals surface area (Å²) in [5, 5.41) is 3.77. The van der Waals surface area contributed by atoms with E-state index in [1.807, 2.05) is 6.92 Å². The molecule has 0 aliphatic carbocycles. The number of halogens is 1. The molecule has 0 atom stereocenters. The molecule has 0 unspecified atom stereocenters. The zero-order valence-electron chi connectivity index (χ0n) is 11.9. The Hall–Kier alpha value is -1.60. The first-order valence-electron chi connectivity index (χ1n) is 6.31. The first-order valence-corrected chi connectivity index (χ1v) is 8.62. The smallest absolute Gasteiger partial charge is 0.264 e. The van der Waals surface area contributed by atoms with Gasteiger partial charge in [0.2, 0.25) is 0 Å². The van der Waals surface area contributed by atoms with Crippen molar-refractivity contribution < 1.29 is 17.7 Å². The van der Waals surface area contributed by atoms with Gasteiger partial charge in [-0.1, -0.05) is 12.1 Å². The number of aryl methyl sites for hydroxylation is 3. The van der Waals surface area contributed by atoms with Crippen LogP contribution in [0, 0.1) is 13.8 Å². The molecule has 21 heavy (non-hydrogen) atoms. The quantitative estimate of drug-likeness (QED) is 0.784. The predicted molar refractivity (Wildman–Crippen MR) is 77.0 cm³/mol. The van der Waals surface area contributed by atoms with Crippen LogP contribution in [0.3, 0.4) is 0 Å². The van der Waals surface area contributed by atoms with Crippen molar-refractivity contribution >= 4 is 19.7 Å². The van der Waals surface area contributed by atoms with Gasteiger partial charge in [-0.15, -0.1) is 0 Å². The molecule has 2 aromatic rings. The molecule has 0 N–H and O–H groups in total. The highest BCUT2D eigenvalue weighted by Gasteiger charge is 2.18. The second-order valence-corrected chi connectivity index (χ2v) is 7.07. The summed E-state index contributed by atoms with van der Waals surface area (Å²) >= 11 is 0. The normalized spacial score (nSPS) is 11.6. The highest BCUT2D eigenvalue weighted by atomic mass is 35.7. The maximum absolute atomic E-state index is 11.5. The SMILES string of the molecule is CCc1noc(COc2cc(C)c(S(=O)(=O)Cl)c(C)c2)n1. The fourth-order valence-electron chi connectivity index (χ4n) is 2.02. The Morgan fingerprint density at radius 1 is 1.29 bits per heavy atom. The van der Waals surface area contributed by atoms with E-state index in [1.165, 1.54) is 0 Å². The van der Waals surface area contributed by atoms with Crippen molar-refractivity contribution in [3.05, 3.63) is 35.0 Å². The first kappa shape index (κ1) is 15.8. The molecule has 1 aromatic carbocycles. The van der Waals surface area contributed by atoms with Gasteiger partial charge in [-0.05, 0) is 37.1 Å². The third-order valence-corrected chi connectivity index (χ3v) is 4.46. The Labute approximate surface area is 127 Å². The molecular weight excluding hydrogens is 316 g/mol. The maximum atomic E-state index is 11.5. The van der Waals surface area contributed by atoms with Gasteiger partial charge in [-0.25, -0.2) is 8.42 Å². The molecule has 0 fully saturated rings. The third kappa shape index (κ3) is 3.74. The Morgan fingerprint density at radius 3 is 2.38 bits per heavy atom. The highest BCUT2D eigenvalue weighted by Crippen LogP contribution is 2.28. The van der Waals surface area contributed by atoms with E-state index < -0.39 is 9.05 Å². The van der Waals surface area contributed by atoms with Crippen LogP contribution in [0.5, 0.6) is 5.75 Å². The number of hydrogen-bond donors (Lipinski definition) is 0. The Balaban J connectivity index is 2.18. The number of aromatic nitrogens is 2. The lowest BCUT2D eigenvalue weighted by molar-refractivity contribution is 0.242. The Kier molecular flexibility index (Phi) is 4.53. The van der Waals surface area contributed by atoms with Crippen LogP contribution < -0.4 is 4.74 Å². The van der Waals surface area contributed by atoms with Crippen LogP contribution in [0.15, 0.2) is 21.6 Å². The molecule has 0 aliphatic heterocycles. The van der Waals surface area contributed by atoms with Gasteiger partial charge in [-0.2, -0.15) is 4.98 Å². The number of ether oxygens (including phenoxy) is 1. The van der Waals surface area contributed by atoms with Crippen molar-refractivity contribution in [1.29, 1.82) is 0 Å². The summed E-state index contributed by atoms with van der Waals surface area (Å²) in [5.41, 5.74) is 1.06. The summed E-state index contributed by atoms with van der Waals surface area (Å²) < 4.78 is 33.5. The summed E-state index contributed by atoms with van der Waals surface area (Å²) in [5.74, 6) is 1.51. The second kappa shape index (κ2) is 6.03. The third-order valence-electron chi connectivity index (χ3n) is 2.87. The van der Waals surface area contributed by atoms with Gasteiger partial charge in [0, 0.05) is 17.1 Å². The molecule has 1 aromatic heterocycles. The van der Waals surface area contributed by atoms with E-state index in [-0.39, 0.29) is 11.5 Å². The van der Waals surface area contributed by atoms with Gasteiger partial charge in [0.15, 0.2) is 12.4 Å². The van der Waals surface area contributed by atoms with Crippen LogP contribution in [0.25, 0.3) is 0 Å². The van der Waals surface area contributed by atoms with Crippen molar-refractivity contribution in [2.24, 2.45) is 0 Å². The van der Waals surface area contributed by atoms with Crippen LogP contribution >= 0.6 is 10.7 Å². The van der Waals surface area contributed by atoms with Gasteiger partial charge >= 0.3 is 0 Å². The summed E-state index contributed by atoms with van der Waals surface area (Å²) in [7, 11) is 1.64. The van der Waals surface area contributed by atoms with Crippen molar-refractivity contribution in [2.75, 3.05) is 0 Å². The Bertz CT molecular complexity index is 732. The first-order chi connectivity index (χ1) is 9.81. The molecule has 0 amide bonds. The topological polar surface area (TPSA) is 82.3 Å². The van der Waals surface area contributed by atoms with Crippen LogP contribution in [-0.2, 0) is 22.1 Å². The molecule has 0 spiro atoms. The highest BCUT2D eigenvalue weighted by molar-refractivity contribution is 8.13. The molecule has 2 rings (SSSR count). The van der Waals surface area contributed by atoms with Gasteiger partial charge in [-0.3, -0.25) is 0 Å². The fourth-order valence-corrected chi connectivity index (χ4v) is 3.63. The lowest BCUT2D eigenvalue weighted by Gasteiger charge is -2.10. The van der Waals surface area contributed by atoms with Crippen LogP contribution in [0.2, 0.25) is 0 Å². The standard InChI is InChI=1S/C13H15ClN2O4S/c1-4-11-15-12(20-16-11)7-19-10-5-8(2)13(9(3)6-10)21(14,17)18/h5-6H,4,7H2,1-3H3. The number of benzene rings is 1. The molecule has 0 saturated heterocycles. The molecule has 0 radical (unpaired) electrons. The minimum Gasteiger partial charge on any atom is -0.484 e. The Morgan fingerprint density at radius 2 is 1.90 bits per heavy atom. The minimum atomic E-state index is -3.77. The predicted octanol–water partition coefficient (Wildman–Crippen LogP) is 2.76. The van der Waals surface area contributed by atoms with Crippen LogP contribution in [-0.4, -0.2) is 18.6 Å². The average molecular weight is 331 g/mol. The van der Waals surface area contributed by atoms with Crippen molar-refractivity contribution in [3.8, 4) is 5.75 Å². The van der Waals surface area contributed by atoms with E-state index in [9.17, 15) is 8.42 Å². The minimum absolute atomic E-state index is 0.113. The molecule has 8 heteroatoms. The molecule has 0 aliphatic rings. The van der Waals surface area contributed by atoms with E-state index in [0.29, 0.717) is 35.0 Å². The van der Waals surface area contributed by atoms with E-state index in [0.717, 1.165) is 0 Å². The summed E-state index contributed by atoms with van der Waals surface area (Å²) in [6.45, 7) is 5.38. The molecule has 6 nitrogen and oxygen atoms in total. The van der Waals surface area contributed by atoms with Crippen LogP contribution in [0.4, 0.5) is 0 Å². The zero-order valence-corrected chi connectivity index (χ0v) is 13.5. The van der Waals surface area contributed by atoms with Gasteiger partial charge in [0.25, 0.3) is 14.9 Å².